The molecule has 0 amide bonds. The molecule has 27 heavy (non-hydrogen) atoms. The van der Waals surface area contributed by atoms with Crippen LogP contribution in [0.4, 0.5) is 13.2 Å². The summed E-state index contributed by atoms with van der Waals surface area (Å²) in [5, 5.41) is 0. The Bertz CT molecular complexity index is 756. The largest absolute Gasteiger partial charge is 0.416 e. The summed E-state index contributed by atoms with van der Waals surface area (Å²) in [6.07, 6.45) is -1.49. The van der Waals surface area contributed by atoms with Crippen LogP contribution in [0.15, 0.2) is 60.2 Å². The van der Waals surface area contributed by atoms with Crippen LogP contribution in [0.1, 0.15) is 36.0 Å². The highest BCUT2D eigenvalue weighted by Crippen LogP contribution is 2.35. The van der Waals surface area contributed by atoms with E-state index in [0.29, 0.717) is 5.88 Å². The molecule has 1 heterocycles. The lowest BCUT2D eigenvalue weighted by atomic mass is 9.88. The Morgan fingerprint density at radius 2 is 1.48 bits per heavy atom. The number of nitrogens with zero attached hydrogens (tertiary/aromatic N) is 1. The van der Waals surface area contributed by atoms with E-state index in [-0.39, 0.29) is 0 Å². The molecule has 0 atom stereocenters. The van der Waals surface area contributed by atoms with Crippen molar-refractivity contribution in [2.24, 2.45) is 0 Å². The maximum atomic E-state index is 12.9. The van der Waals surface area contributed by atoms with Crippen LogP contribution in [-0.2, 0) is 6.18 Å². The highest BCUT2D eigenvalue weighted by Gasteiger charge is 2.30. The molecule has 3 rings (SSSR count). The van der Waals surface area contributed by atoms with Crippen LogP contribution in [-0.4, -0.2) is 30.4 Å². The predicted molar refractivity (Wildman–Crippen MR) is 105 cm³/mol. The Hall–Kier alpha value is -1.78. The summed E-state index contributed by atoms with van der Waals surface area (Å²) in [7, 11) is 0. The maximum Gasteiger partial charge on any atom is 0.416 e. The molecule has 2 aromatic rings. The van der Waals surface area contributed by atoms with E-state index in [9.17, 15) is 13.2 Å². The van der Waals surface area contributed by atoms with E-state index in [0.717, 1.165) is 55.6 Å². The topological polar surface area (TPSA) is 3.24 Å². The van der Waals surface area contributed by atoms with Gasteiger partial charge in [-0.1, -0.05) is 48.0 Å². The van der Waals surface area contributed by atoms with Gasteiger partial charge in [-0.25, -0.2) is 0 Å². The van der Waals surface area contributed by atoms with Crippen molar-refractivity contribution in [1.82, 2.24) is 4.90 Å². The Labute approximate surface area is 163 Å². The average Bonchev–Trinajstić information content (AvgIpc) is 2.68. The van der Waals surface area contributed by atoms with Crippen molar-refractivity contribution in [3.8, 4) is 0 Å². The number of alkyl halides is 4. The predicted octanol–water partition coefficient (Wildman–Crippen LogP) is 6.23. The number of likely N-dealkylation sites (tertiary alicyclic amines) is 1. The fraction of sp³-hybridized carbons (Fsp3) is 0.364. The molecule has 5 heteroatoms. The molecule has 0 radical (unpaired) electrons. The quantitative estimate of drug-likeness (QED) is 0.544. The first-order valence-electron chi connectivity index (χ1n) is 9.22. The van der Waals surface area contributed by atoms with E-state index in [1.165, 1.54) is 17.7 Å². The minimum absolute atomic E-state index is 0.612. The van der Waals surface area contributed by atoms with Gasteiger partial charge in [0.25, 0.3) is 0 Å². The first-order valence-corrected chi connectivity index (χ1v) is 9.76. The normalized spacial score (nSPS) is 15.8. The molecule has 0 unspecified atom stereocenters. The number of benzene rings is 2. The maximum absolute atomic E-state index is 12.9. The molecule has 1 nitrogen and oxygen atoms in total. The zero-order valence-electron chi connectivity index (χ0n) is 15.1. The van der Waals surface area contributed by atoms with Gasteiger partial charge in [-0.15, -0.1) is 11.6 Å². The van der Waals surface area contributed by atoms with Crippen LogP contribution in [0.5, 0.6) is 0 Å². The van der Waals surface area contributed by atoms with Crippen LogP contribution in [0.3, 0.4) is 0 Å². The number of piperidine rings is 1. The van der Waals surface area contributed by atoms with Gasteiger partial charge < -0.3 is 4.90 Å². The highest BCUT2D eigenvalue weighted by atomic mass is 35.5. The molecule has 0 aromatic heterocycles. The molecule has 0 bridgehead atoms. The smallest absolute Gasteiger partial charge is 0.303 e. The molecule has 2 aromatic carbocycles. The Balaban J connectivity index is 1.91. The van der Waals surface area contributed by atoms with Crippen molar-refractivity contribution in [3.05, 3.63) is 76.9 Å². The summed E-state index contributed by atoms with van der Waals surface area (Å²) in [5.74, 6) is 0.667. The van der Waals surface area contributed by atoms with E-state index >= 15 is 0 Å². The second-order valence-electron chi connectivity index (χ2n) is 6.80. The van der Waals surface area contributed by atoms with Crippen LogP contribution in [0.2, 0.25) is 0 Å². The van der Waals surface area contributed by atoms with Crippen LogP contribution in [0, 0.1) is 0 Å². The van der Waals surface area contributed by atoms with E-state index in [1.807, 2.05) is 30.3 Å². The molecule has 144 valence electrons. The number of hydrogen-bond donors (Lipinski definition) is 0. The summed E-state index contributed by atoms with van der Waals surface area (Å²) in [6, 6.07) is 15.5. The van der Waals surface area contributed by atoms with Crippen molar-refractivity contribution in [1.29, 1.82) is 0 Å². The fourth-order valence-corrected chi connectivity index (χ4v) is 3.71. The first-order chi connectivity index (χ1) is 13.0. The molecule has 0 spiro atoms. The number of hydrogen-bond acceptors (Lipinski definition) is 1. The van der Waals surface area contributed by atoms with Gasteiger partial charge >= 0.3 is 6.18 Å². The van der Waals surface area contributed by atoms with Gasteiger partial charge in [0.1, 0.15) is 0 Å². The zero-order valence-corrected chi connectivity index (χ0v) is 15.9. The van der Waals surface area contributed by atoms with Gasteiger partial charge in [-0.3, -0.25) is 0 Å². The highest BCUT2D eigenvalue weighted by molar-refractivity contribution is 6.17. The van der Waals surface area contributed by atoms with E-state index in [4.69, 9.17) is 11.6 Å². The number of rotatable bonds is 5. The summed E-state index contributed by atoms with van der Waals surface area (Å²) in [4.78, 5) is 2.40. The van der Waals surface area contributed by atoms with Crippen molar-refractivity contribution in [3.63, 3.8) is 0 Å². The lowest BCUT2D eigenvalue weighted by molar-refractivity contribution is -0.137. The lowest BCUT2D eigenvalue weighted by Crippen LogP contribution is -2.32. The SMILES string of the molecule is FC(F)(F)c1ccc(C(=C2CCN(CCCCl)CC2)c2ccccc2)cc1. The van der Waals surface area contributed by atoms with Crippen LogP contribution >= 0.6 is 11.6 Å². The Morgan fingerprint density at radius 3 is 2.04 bits per heavy atom. The monoisotopic (exact) mass is 393 g/mol. The van der Waals surface area contributed by atoms with E-state index < -0.39 is 11.7 Å². The first kappa shape index (κ1) is 20.0. The summed E-state index contributed by atoms with van der Waals surface area (Å²) >= 11 is 5.79. The van der Waals surface area contributed by atoms with Crippen LogP contribution in [0.25, 0.3) is 5.57 Å². The third-order valence-electron chi connectivity index (χ3n) is 4.98. The van der Waals surface area contributed by atoms with E-state index in [1.54, 1.807) is 12.1 Å². The fourth-order valence-electron chi connectivity index (χ4n) is 3.59. The molecular weight excluding hydrogens is 371 g/mol. The third kappa shape index (κ3) is 5.14. The van der Waals surface area contributed by atoms with Crippen molar-refractivity contribution in [2.75, 3.05) is 25.5 Å². The van der Waals surface area contributed by atoms with Crippen molar-refractivity contribution < 1.29 is 13.2 Å². The average molecular weight is 394 g/mol. The summed E-state index contributed by atoms with van der Waals surface area (Å²) in [5.41, 5.74) is 3.67. The molecule has 0 aliphatic carbocycles. The molecule has 1 saturated heterocycles. The lowest BCUT2D eigenvalue weighted by Gasteiger charge is -2.30. The second kappa shape index (κ2) is 8.94. The van der Waals surface area contributed by atoms with E-state index in [2.05, 4.69) is 4.90 Å². The Kier molecular flexibility index (Phi) is 6.61. The summed E-state index contributed by atoms with van der Waals surface area (Å²) in [6.45, 7) is 2.92. The van der Waals surface area contributed by atoms with Gasteiger partial charge in [0.15, 0.2) is 0 Å². The van der Waals surface area contributed by atoms with Crippen molar-refractivity contribution >= 4 is 17.2 Å². The van der Waals surface area contributed by atoms with Crippen molar-refractivity contribution in [2.45, 2.75) is 25.4 Å². The van der Waals surface area contributed by atoms with Crippen LogP contribution < -0.4 is 0 Å². The molecule has 1 fully saturated rings. The molecular formula is C22H23ClF3N. The Morgan fingerprint density at radius 1 is 0.889 bits per heavy atom. The standard InChI is InChI=1S/C22H23ClF3N/c23-13-4-14-27-15-11-19(12-16-27)21(17-5-2-1-3-6-17)18-7-9-20(10-8-18)22(24,25)26/h1-3,5-10H,4,11-16H2. The molecule has 0 N–H and O–H groups in total. The van der Waals surface area contributed by atoms with Gasteiger partial charge in [0, 0.05) is 19.0 Å². The third-order valence-corrected chi connectivity index (χ3v) is 5.25. The molecule has 0 saturated carbocycles. The molecule has 1 aliphatic rings. The summed E-state index contributed by atoms with van der Waals surface area (Å²) < 4.78 is 38.7. The second-order valence-corrected chi connectivity index (χ2v) is 7.18. The van der Waals surface area contributed by atoms with Gasteiger partial charge in [-0.05, 0) is 54.6 Å². The van der Waals surface area contributed by atoms with Gasteiger partial charge in [0.2, 0.25) is 0 Å². The minimum Gasteiger partial charge on any atom is -0.303 e. The zero-order chi connectivity index (χ0) is 19.3. The molecule has 1 aliphatic heterocycles. The minimum atomic E-state index is -4.31. The van der Waals surface area contributed by atoms with Gasteiger partial charge in [-0.2, -0.15) is 13.2 Å². The van der Waals surface area contributed by atoms with Gasteiger partial charge in [0.05, 0.1) is 5.56 Å². The number of halogens is 4.